The summed E-state index contributed by atoms with van der Waals surface area (Å²) in [6, 6.07) is 8.36. The summed E-state index contributed by atoms with van der Waals surface area (Å²) < 4.78 is 12.0. The van der Waals surface area contributed by atoms with Gasteiger partial charge in [-0.3, -0.25) is 9.69 Å². The van der Waals surface area contributed by atoms with Crippen LogP contribution in [0.25, 0.3) is 6.08 Å². The van der Waals surface area contributed by atoms with E-state index in [-0.39, 0.29) is 18.2 Å². The fraction of sp³-hybridized carbons (Fsp3) is 0.238. The highest BCUT2D eigenvalue weighted by Crippen LogP contribution is 2.38. The summed E-state index contributed by atoms with van der Waals surface area (Å²) in [5.41, 5.74) is 1.73. The van der Waals surface area contributed by atoms with Gasteiger partial charge in [-0.05, 0) is 63.8 Å². The number of halogens is 3. The Morgan fingerprint density at radius 2 is 1.93 bits per heavy atom. The SMILES string of the molecule is CCCN1C(=O)N/C(=C/c2cc(Br)c(OCc3ccc(Cl)c(Cl)c3)c(OC)c2)C1=O. The average Bonchev–Trinajstić information content (AvgIpc) is 2.97. The minimum atomic E-state index is -0.416. The highest BCUT2D eigenvalue weighted by Gasteiger charge is 2.32. The van der Waals surface area contributed by atoms with E-state index in [1.54, 1.807) is 30.3 Å². The number of rotatable bonds is 7. The van der Waals surface area contributed by atoms with Crippen LogP contribution in [0.2, 0.25) is 10.0 Å². The van der Waals surface area contributed by atoms with Crippen LogP contribution in [0.4, 0.5) is 4.79 Å². The smallest absolute Gasteiger partial charge is 0.329 e. The van der Waals surface area contributed by atoms with Crippen molar-refractivity contribution in [2.24, 2.45) is 0 Å². The van der Waals surface area contributed by atoms with Crippen molar-refractivity contribution in [1.82, 2.24) is 10.2 Å². The second kappa shape index (κ2) is 9.73. The molecule has 0 bridgehead atoms. The van der Waals surface area contributed by atoms with E-state index < -0.39 is 6.03 Å². The van der Waals surface area contributed by atoms with Crippen LogP contribution in [0.5, 0.6) is 11.5 Å². The van der Waals surface area contributed by atoms with Gasteiger partial charge in [0.15, 0.2) is 11.5 Å². The lowest BCUT2D eigenvalue weighted by atomic mass is 10.1. The number of methoxy groups -OCH3 is 1. The average molecular weight is 514 g/mol. The standard InChI is InChI=1S/C21H19BrCl2N2O4/c1-3-6-26-20(27)17(25-21(26)28)9-13-7-14(22)19(18(10-13)29-2)30-11-12-4-5-15(23)16(24)8-12/h4-5,7-10H,3,6,11H2,1-2H3,(H,25,28)/b17-9+. The molecule has 9 heteroatoms. The Bertz CT molecular complexity index is 1030. The molecule has 0 unspecified atom stereocenters. The molecule has 3 rings (SSSR count). The van der Waals surface area contributed by atoms with Crippen molar-refractivity contribution in [2.75, 3.05) is 13.7 Å². The molecule has 1 aliphatic rings. The van der Waals surface area contributed by atoms with Crippen molar-refractivity contribution >= 4 is 57.1 Å². The Kier molecular flexibility index (Phi) is 7.28. The summed E-state index contributed by atoms with van der Waals surface area (Å²) in [5, 5.41) is 3.53. The highest BCUT2D eigenvalue weighted by molar-refractivity contribution is 9.10. The number of imide groups is 1. The van der Waals surface area contributed by atoms with Gasteiger partial charge in [0, 0.05) is 6.54 Å². The fourth-order valence-electron chi connectivity index (χ4n) is 2.91. The van der Waals surface area contributed by atoms with Gasteiger partial charge in [-0.2, -0.15) is 0 Å². The number of hydrogen-bond acceptors (Lipinski definition) is 4. The van der Waals surface area contributed by atoms with Crippen LogP contribution in [0.1, 0.15) is 24.5 Å². The second-order valence-electron chi connectivity index (χ2n) is 6.52. The first-order valence-electron chi connectivity index (χ1n) is 9.12. The molecule has 2 aromatic rings. The second-order valence-corrected chi connectivity index (χ2v) is 8.18. The molecule has 2 aromatic carbocycles. The van der Waals surface area contributed by atoms with Crippen LogP contribution < -0.4 is 14.8 Å². The van der Waals surface area contributed by atoms with E-state index in [9.17, 15) is 9.59 Å². The maximum atomic E-state index is 12.4. The van der Waals surface area contributed by atoms with Gasteiger partial charge in [0.2, 0.25) is 0 Å². The molecule has 0 radical (unpaired) electrons. The molecule has 6 nitrogen and oxygen atoms in total. The molecular weight excluding hydrogens is 495 g/mol. The van der Waals surface area contributed by atoms with Crippen molar-refractivity contribution in [2.45, 2.75) is 20.0 Å². The van der Waals surface area contributed by atoms with Gasteiger partial charge in [0.05, 0.1) is 21.6 Å². The molecule has 158 valence electrons. The van der Waals surface area contributed by atoms with Crippen LogP contribution in [-0.2, 0) is 11.4 Å². The predicted octanol–water partition coefficient (Wildman–Crippen LogP) is 5.65. The third kappa shape index (κ3) is 4.91. The van der Waals surface area contributed by atoms with E-state index in [4.69, 9.17) is 32.7 Å². The Morgan fingerprint density at radius 3 is 2.60 bits per heavy atom. The van der Waals surface area contributed by atoms with Crippen molar-refractivity contribution < 1.29 is 19.1 Å². The van der Waals surface area contributed by atoms with Crippen LogP contribution in [0.3, 0.4) is 0 Å². The first-order valence-corrected chi connectivity index (χ1v) is 10.7. The maximum absolute atomic E-state index is 12.4. The summed E-state index contributed by atoms with van der Waals surface area (Å²) >= 11 is 15.5. The molecule has 1 aliphatic heterocycles. The molecule has 0 aromatic heterocycles. The van der Waals surface area contributed by atoms with E-state index in [0.717, 1.165) is 5.56 Å². The summed E-state index contributed by atoms with van der Waals surface area (Å²) in [7, 11) is 1.52. The minimum absolute atomic E-state index is 0.215. The molecule has 0 aliphatic carbocycles. The van der Waals surface area contributed by atoms with E-state index in [2.05, 4.69) is 21.2 Å². The lowest BCUT2D eigenvalue weighted by Crippen LogP contribution is -2.31. The summed E-state index contributed by atoms with van der Waals surface area (Å²) in [6.07, 6.45) is 2.29. The molecule has 1 N–H and O–H groups in total. The summed E-state index contributed by atoms with van der Waals surface area (Å²) in [6.45, 7) is 2.53. The summed E-state index contributed by atoms with van der Waals surface area (Å²) in [5.74, 6) is 0.621. The number of ether oxygens (including phenoxy) is 2. The van der Waals surface area contributed by atoms with Crippen molar-refractivity contribution in [3.05, 3.63) is 61.7 Å². The third-order valence-electron chi connectivity index (χ3n) is 4.34. The molecule has 1 saturated heterocycles. The first kappa shape index (κ1) is 22.5. The zero-order chi connectivity index (χ0) is 21.8. The fourth-order valence-corrected chi connectivity index (χ4v) is 3.81. The number of nitrogens with one attached hydrogen (secondary N) is 1. The molecular formula is C21H19BrCl2N2O4. The van der Waals surface area contributed by atoms with Gasteiger partial charge in [0.25, 0.3) is 5.91 Å². The third-order valence-corrected chi connectivity index (χ3v) is 5.67. The van der Waals surface area contributed by atoms with Crippen LogP contribution in [0, 0.1) is 0 Å². The summed E-state index contributed by atoms with van der Waals surface area (Å²) in [4.78, 5) is 25.6. The number of hydrogen-bond donors (Lipinski definition) is 1. The van der Waals surface area contributed by atoms with E-state index in [1.807, 2.05) is 13.0 Å². The monoisotopic (exact) mass is 512 g/mol. The van der Waals surface area contributed by atoms with Gasteiger partial charge in [-0.15, -0.1) is 0 Å². The van der Waals surface area contributed by atoms with Crippen molar-refractivity contribution in [3.8, 4) is 11.5 Å². The lowest BCUT2D eigenvalue weighted by Gasteiger charge is -2.14. The van der Waals surface area contributed by atoms with E-state index in [1.165, 1.54) is 12.0 Å². The number of nitrogens with zero attached hydrogens (tertiary/aromatic N) is 1. The number of benzene rings is 2. The topological polar surface area (TPSA) is 67.9 Å². The Morgan fingerprint density at radius 1 is 1.17 bits per heavy atom. The van der Waals surface area contributed by atoms with Gasteiger partial charge in [-0.1, -0.05) is 36.2 Å². The van der Waals surface area contributed by atoms with Crippen LogP contribution >= 0.6 is 39.1 Å². The van der Waals surface area contributed by atoms with Crippen LogP contribution in [-0.4, -0.2) is 30.5 Å². The van der Waals surface area contributed by atoms with E-state index >= 15 is 0 Å². The molecule has 0 spiro atoms. The van der Waals surface area contributed by atoms with Gasteiger partial charge >= 0.3 is 6.03 Å². The largest absolute Gasteiger partial charge is 0.493 e. The van der Waals surface area contributed by atoms with E-state index in [0.29, 0.717) is 44.5 Å². The van der Waals surface area contributed by atoms with Gasteiger partial charge in [0.1, 0.15) is 12.3 Å². The molecule has 0 atom stereocenters. The lowest BCUT2D eigenvalue weighted by molar-refractivity contribution is -0.122. The minimum Gasteiger partial charge on any atom is -0.493 e. The van der Waals surface area contributed by atoms with Gasteiger partial charge < -0.3 is 14.8 Å². The normalized spacial score (nSPS) is 15.0. The first-order chi connectivity index (χ1) is 14.3. The number of amides is 3. The van der Waals surface area contributed by atoms with Crippen molar-refractivity contribution in [1.29, 1.82) is 0 Å². The Balaban J connectivity index is 1.83. The molecule has 30 heavy (non-hydrogen) atoms. The number of carbonyl (C=O) groups excluding carboxylic acids is 2. The maximum Gasteiger partial charge on any atom is 0.329 e. The number of carbonyl (C=O) groups is 2. The number of urea groups is 1. The van der Waals surface area contributed by atoms with Gasteiger partial charge in [-0.25, -0.2) is 4.79 Å². The van der Waals surface area contributed by atoms with Crippen molar-refractivity contribution in [3.63, 3.8) is 0 Å². The highest BCUT2D eigenvalue weighted by atomic mass is 79.9. The molecule has 0 saturated carbocycles. The zero-order valence-corrected chi connectivity index (χ0v) is 19.4. The molecule has 1 fully saturated rings. The zero-order valence-electron chi connectivity index (χ0n) is 16.3. The Labute approximate surface area is 192 Å². The van der Waals surface area contributed by atoms with Crippen LogP contribution in [0.15, 0.2) is 40.5 Å². The Hall–Kier alpha value is -2.22. The molecule has 3 amide bonds. The quantitative estimate of drug-likeness (QED) is 0.384. The predicted molar refractivity (Wildman–Crippen MR) is 120 cm³/mol. The molecule has 1 heterocycles.